The van der Waals surface area contributed by atoms with Gasteiger partial charge in [-0.15, -0.1) is 0 Å². The van der Waals surface area contributed by atoms with Gasteiger partial charge in [-0.3, -0.25) is 0 Å². The van der Waals surface area contributed by atoms with Crippen LogP contribution < -0.4 is 0 Å². The minimum Gasteiger partial charge on any atom is -0.175 e. The molecule has 0 saturated carbocycles. The molecule has 0 radical (unpaired) electrons. The van der Waals surface area contributed by atoms with Crippen LogP contribution in [-0.4, -0.2) is 5.75 Å². The minimum atomic E-state index is 0.843. The van der Waals surface area contributed by atoms with Crippen LogP contribution in [0.15, 0.2) is 35.5 Å². The number of rotatable bonds is 1. The summed E-state index contributed by atoms with van der Waals surface area (Å²) in [5, 5.41) is 0. The summed E-state index contributed by atoms with van der Waals surface area (Å²) in [4.78, 5) is 0. The zero-order chi connectivity index (χ0) is 7.56. The molecule has 0 spiro atoms. The number of hydrogen-bond donors (Lipinski definition) is 1. The molecule has 0 aromatic rings. The van der Waals surface area contributed by atoms with E-state index in [1.807, 2.05) is 0 Å². The van der Waals surface area contributed by atoms with Crippen LogP contribution in [0, 0.1) is 0 Å². The maximum atomic E-state index is 4.21. The summed E-state index contributed by atoms with van der Waals surface area (Å²) in [5.74, 6) is 0.843. The lowest BCUT2D eigenvalue weighted by Crippen LogP contribution is -1.94. The molecule has 1 aliphatic carbocycles. The smallest absolute Gasteiger partial charge is 0.0153 e. The molecule has 0 amide bonds. The molecule has 0 atom stereocenters. The second-order valence-electron chi connectivity index (χ2n) is 2.63. The Morgan fingerprint density at radius 2 is 2.30 bits per heavy atom. The zero-order valence-corrected chi connectivity index (χ0v) is 7.12. The molecule has 10 heavy (non-hydrogen) atoms. The Balaban J connectivity index is 2.82. The third-order valence-corrected chi connectivity index (χ3v) is 2.07. The molecule has 0 aromatic carbocycles. The van der Waals surface area contributed by atoms with E-state index in [0.717, 1.165) is 12.2 Å². The van der Waals surface area contributed by atoms with Crippen LogP contribution in [0.5, 0.6) is 0 Å². The molecule has 1 heteroatoms. The maximum Gasteiger partial charge on any atom is 0.0153 e. The summed E-state index contributed by atoms with van der Waals surface area (Å²) < 4.78 is 0. The Labute approximate surface area is 67.7 Å². The quantitative estimate of drug-likeness (QED) is 0.549. The molecule has 0 fully saturated rings. The van der Waals surface area contributed by atoms with Crippen molar-refractivity contribution in [3.05, 3.63) is 35.5 Å². The van der Waals surface area contributed by atoms with Gasteiger partial charge in [0, 0.05) is 5.75 Å². The van der Waals surface area contributed by atoms with Crippen LogP contribution in [0.25, 0.3) is 0 Å². The first-order chi connectivity index (χ1) is 4.74. The van der Waals surface area contributed by atoms with Crippen molar-refractivity contribution in [3.63, 3.8) is 0 Å². The third-order valence-electron chi connectivity index (χ3n) is 1.73. The van der Waals surface area contributed by atoms with Crippen molar-refractivity contribution in [2.24, 2.45) is 0 Å². The summed E-state index contributed by atoms with van der Waals surface area (Å²) in [6.45, 7) is 6.03. The molecule has 1 rings (SSSR count). The molecule has 0 aliphatic heterocycles. The Hall–Kier alpha value is -0.430. The molecule has 0 aromatic heterocycles. The van der Waals surface area contributed by atoms with Gasteiger partial charge in [0.2, 0.25) is 0 Å². The fraction of sp³-hybridized carbons (Fsp3) is 0.333. The molecular weight excluding hydrogens is 140 g/mol. The van der Waals surface area contributed by atoms with Crippen LogP contribution >= 0.6 is 12.6 Å². The van der Waals surface area contributed by atoms with Crippen LogP contribution in [0.2, 0.25) is 0 Å². The second kappa shape index (κ2) is 3.11. The first kappa shape index (κ1) is 7.67. The van der Waals surface area contributed by atoms with E-state index in [9.17, 15) is 0 Å². The van der Waals surface area contributed by atoms with E-state index in [4.69, 9.17) is 0 Å². The van der Waals surface area contributed by atoms with Gasteiger partial charge in [0.1, 0.15) is 0 Å². The summed E-state index contributed by atoms with van der Waals surface area (Å²) in [5.41, 5.74) is 3.95. The van der Waals surface area contributed by atoms with Gasteiger partial charge >= 0.3 is 0 Å². The van der Waals surface area contributed by atoms with Crippen molar-refractivity contribution in [2.45, 2.75) is 13.3 Å². The van der Waals surface area contributed by atoms with Gasteiger partial charge in [0.05, 0.1) is 0 Å². The van der Waals surface area contributed by atoms with Gasteiger partial charge < -0.3 is 0 Å². The molecule has 0 N–H and O–H groups in total. The second-order valence-corrected chi connectivity index (χ2v) is 2.95. The van der Waals surface area contributed by atoms with E-state index < -0.39 is 0 Å². The van der Waals surface area contributed by atoms with Crippen LogP contribution in [-0.2, 0) is 0 Å². The van der Waals surface area contributed by atoms with Crippen molar-refractivity contribution in [2.75, 3.05) is 5.75 Å². The van der Waals surface area contributed by atoms with Gasteiger partial charge in [-0.25, -0.2) is 0 Å². The summed E-state index contributed by atoms with van der Waals surface area (Å²) >= 11 is 4.21. The molecule has 54 valence electrons. The predicted octanol–water partition coefficient (Wildman–Crippen LogP) is 2.75. The van der Waals surface area contributed by atoms with Gasteiger partial charge in [-0.1, -0.05) is 29.9 Å². The molecule has 0 bridgehead atoms. The number of hydrogen-bond acceptors (Lipinski definition) is 1. The first-order valence-electron chi connectivity index (χ1n) is 3.39. The van der Waals surface area contributed by atoms with Gasteiger partial charge in [-0.2, -0.15) is 12.6 Å². The zero-order valence-electron chi connectivity index (χ0n) is 6.22. The minimum absolute atomic E-state index is 0.843. The van der Waals surface area contributed by atoms with E-state index in [-0.39, 0.29) is 0 Å². The van der Waals surface area contributed by atoms with E-state index in [2.05, 4.69) is 38.3 Å². The van der Waals surface area contributed by atoms with Crippen molar-refractivity contribution < 1.29 is 0 Å². The Kier molecular flexibility index (Phi) is 2.39. The van der Waals surface area contributed by atoms with Crippen LogP contribution in [0.4, 0.5) is 0 Å². The van der Waals surface area contributed by atoms with Crippen molar-refractivity contribution >= 4 is 12.6 Å². The average Bonchev–Trinajstić information content (AvgIpc) is 1.88. The molecular formula is C9H12S. The molecule has 0 nitrogen and oxygen atoms in total. The third kappa shape index (κ3) is 1.54. The highest BCUT2D eigenvalue weighted by Crippen LogP contribution is 2.21. The Bertz CT molecular complexity index is 209. The average molecular weight is 152 g/mol. The van der Waals surface area contributed by atoms with Crippen molar-refractivity contribution in [1.82, 2.24) is 0 Å². The van der Waals surface area contributed by atoms with Gasteiger partial charge in [-0.05, 0) is 18.9 Å². The monoisotopic (exact) mass is 152 g/mol. The molecule has 1 aliphatic rings. The highest BCUT2D eigenvalue weighted by atomic mass is 32.1. The molecule has 0 unspecified atom stereocenters. The van der Waals surface area contributed by atoms with Crippen molar-refractivity contribution in [1.29, 1.82) is 0 Å². The lowest BCUT2D eigenvalue weighted by molar-refractivity contribution is 1.10. The lowest BCUT2D eigenvalue weighted by atomic mass is 9.97. The standard InChI is InChI=1S/C9H12S/c1-7-3-4-9(6-10)8(2)5-7/h3-4,10H,1,5-6H2,2H3. The van der Waals surface area contributed by atoms with E-state index in [0.29, 0.717) is 0 Å². The highest BCUT2D eigenvalue weighted by Gasteiger charge is 2.03. The maximum absolute atomic E-state index is 4.21. The summed E-state index contributed by atoms with van der Waals surface area (Å²) in [7, 11) is 0. The fourth-order valence-electron chi connectivity index (χ4n) is 1.06. The lowest BCUT2D eigenvalue weighted by Gasteiger charge is -2.11. The molecule has 0 heterocycles. The Morgan fingerprint density at radius 3 is 2.80 bits per heavy atom. The largest absolute Gasteiger partial charge is 0.175 e. The Morgan fingerprint density at radius 1 is 1.60 bits per heavy atom. The number of allylic oxidation sites excluding steroid dienone is 4. The van der Waals surface area contributed by atoms with Gasteiger partial charge in [0.25, 0.3) is 0 Å². The van der Waals surface area contributed by atoms with E-state index >= 15 is 0 Å². The highest BCUT2D eigenvalue weighted by molar-refractivity contribution is 7.80. The van der Waals surface area contributed by atoms with Crippen LogP contribution in [0.3, 0.4) is 0 Å². The number of thiol groups is 1. The van der Waals surface area contributed by atoms with E-state index in [1.165, 1.54) is 16.7 Å². The molecule has 0 saturated heterocycles. The summed E-state index contributed by atoms with van der Waals surface area (Å²) in [6.07, 6.45) is 5.19. The topological polar surface area (TPSA) is 0 Å². The van der Waals surface area contributed by atoms with Gasteiger partial charge in [0.15, 0.2) is 0 Å². The van der Waals surface area contributed by atoms with Crippen LogP contribution in [0.1, 0.15) is 13.3 Å². The van der Waals surface area contributed by atoms with E-state index in [1.54, 1.807) is 0 Å². The fourth-order valence-corrected chi connectivity index (χ4v) is 1.44. The summed E-state index contributed by atoms with van der Waals surface area (Å²) in [6, 6.07) is 0. The normalized spacial score (nSPS) is 18.4. The first-order valence-corrected chi connectivity index (χ1v) is 4.02. The SMILES string of the molecule is C=C1C=CC(CS)=C(C)C1. The predicted molar refractivity (Wildman–Crippen MR) is 49.5 cm³/mol. The van der Waals surface area contributed by atoms with Crippen molar-refractivity contribution in [3.8, 4) is 0 Å².